The number of hydrogen-bond donors (Lipinski definition) is 1. The van der Waals surface area contributed by atoms with E-state index < -0.39 is 12.5 Å². The van der Waals surface area contributed by atoms with Gasteiger partial charge in [-0.05, 0) is 49.8 Å². The van der Waals surface area contributed by atoms with Gasteiger partial charge in [-0.2, -0.15) is 8.78 Å². The fraction of sp³-hybridized carbons (Fsp3) is 0.346. The fourth-order valence-corrected chi connectivity index (χ4v) is 6.18. The molecule has 0 spiro atoms. The van der Waals surface area contributed by atoms with Gasteiger partial charge in [0.2, 0.25) is 0 Å². The molecule has 0 saturated heterocycles. The lowest BCUT2D eigenvalue weighted by molar-refractivity contribution is -0.0517. The molecule has 3 aromatic heterocycles. The van der Waals surface area contributed by atoms with E-state index in [1.54, 1.807) is 16.7 Å². The van der Waals surface area contributed by atoms with Crippen molar-refractivity contribution < 1.29 is 23.0 Å². The first-order chi connectivity index (χ1) is 18.0. The molecular formula is C26H24F2N4O3S2. The number of nitrogens with two attached hydrogens (primary N) is 1. The maximum Gasteiger partial charge on any atom is 0.387 e. The van der Waals surface area contributed by atoms with Crippen LogP contribution in [0.3, 0.4) is 0 Å². The maximum absolute atomic E-state index is 13.1. The first kappa shape index (κ1) is 24.1. The molecule has 0 unspecified atom stereocenters. The Balaban J connectivity index is 1.36. The number of amides is 1. The van der Waals surface area contributed by atoms with Gasteiger partial charge >= 0.3 is 6.61 Å². The lowest BCUT2D eigenvalue weighted by atomic mass is 9.86. The van der Waals surface area contributed by atoms with Crippen molar-refractivity contribution in [3.63, 3.8) is 0 Å². The van der Waals surface area contributed by atoms with Crippen LogP contribution in [0.4, 0.5) is 8.78 Å². The molecule has 3 heterocycles. The van der Waals surface area contributed by atoms with E-state index in [2.05, 4.69) is 4.98 Å². The van der Waals surface area contributed by atoms with E-state index in [0.717, 1.165) is 36.3 Å². The second-order valence-electron chi connectivity index (χ2n) is 9.27. The molecule has 0 atom stereocenters. The number of nitrogens with zero attached hydrogens (tertiary/aromatic N) is 3. The minimum absolute atomic E-state index is 0.0214. The second kappa shape index (κ2) is 9.86. The zero-order valence-electron chi connectivity index (χ0n) is 19.7. The summed E-state index contributed by atoms with van der Waals surface area (Å²) in [4.78, 5) is 23.3. The first-order valence-electron chi connectivity index (χ1n) is 12.1. The molecular weight excluding hydrogens is 518 g/mol. The first-order valence-corrected chi connectivity index (χ1v) is 13.8. The van der Waals surface area contributed by atoms with Crippen LogP contribution in [0.2, 0.25) is 0 Å². The van der Waals surface area contributed by atoms with Crippen LogP contribution in [-0.2, 0) is 0 Å². The van der Waals surface area contributed by atoms with Crippen molar-refractivity contribution in [2.75, 3.05) is 6.61 Å². The highest BCUT2D eigenvalue weighted by atomic mass is 32.1. The number of aromatic nitrogens is 3. The molecule has 2 N–H and O–H groups in total. The number of ether oxygens (including phenoxy) is 2. The molecule has 37 heavy (non-hydrogen) atoms. The van der Waals surface area contributed by atoms with Crippen LogP contribution in [0.15, 0.2) is 29.8 Å². The third kappa shape index (κ3) is 4.85. The summed E-state index contributed by atoms with van der Waals surface area (Å²) in [5.74, 6) is 0.548. The summed E-state index contributed by atoms with van der Waals surface area (Å²) in [6, 6.07) is 4.98. The number of benzene rings is 1. The highest BCUT2D eigenvalue weighted by Gasteiger charge is 2.31. The lowest BCUT2D eigenvalue weighted by Crippen LogP contribution is -2.20. The van der Waals surface area contributed by atoms with E-state index in [-0.39, 0.29) is 5.75 Å². The van der Waals surface area contributed by atoms with Crippen molar-refractivity contribution in [1.82, 2.24) is 14.4 Å². The van der Waals surface area contributed by atoms with Crippen LogP contribution >= 0.6 is 22.7 Å². The molecule has 192 valence electrons. The molecule has 11 heteroatoms. The van der Waals surface area contributed by atoms with Crippen LogP contribution in [0.5, 0.6) is 11.5 Å². The van der Waals surface area contributed by atoms with Gasteiger partial charge in [-0.15, -0.1) is 22.7 Å². The van der Waals surface area contributed by atoms with Gasteiger partial charge in [0.25, 0.3) is 5.91 Å². The van der Waals surface area contributed by atoms with Gasteiger partial charge in [0.1, 0.15) is 16.4 Å². The molecule has 6 rings (SSSR count). The number of carbonyl (C=O) groups is 1. The van der Waals surface area contributed by atoms with E-state index in [1.165, 1.54) is 35.2 Å². The van der Waals surface area contributed by atoms with Crippen molar-refractivity contribution in [1.29, 1.82) is 0 Å². The predicted octanol–water partition coefficient (Wildman–Crippen LogP) is 6.45. The molecule has 2 aliphatic rings. The third-order valence-corrected chi connectivity index (χ3v) is 8.47. The van der Waals surface area contributed by atoms with Crippen molar-refractivity contribution in [2.45, 2.75) is 44.6 Å². The molecule has 2 aliphatic carbocycles. The van der Waals surface area contributed by atoms with Crippen LogP contribution < -0.4 is 15.2 Å². The van der Waals surface area contributed by atoms with Crippen LogP contribution in [0.1, 0.15) is 64.6 Å². The van der Waals surface area contributed by atoms with Gasteiger partial charge in [0, 0.05) is 23.1 Å². The minimum Gasteiger partial charge on any atom is -0.489 e. The summed E-state index contributed by atoms with van der Waals surface area (Å²) in [6.07, 6.45) is 10.9. The fourth-order valence-electron chi connectivity index (χ4n) is 4.42. The smallest absolute Gasteiger partial charge is 0.387 e. The number of rotatable bonds is 10. The highest BCUT2D eigenvalue weighted by Crippen LogP contribution is 2.45. The van der Waals surface area contributed by atoms with Gasteiger partial charge < -0.3 is 15.2 Å². The zero-order valence-corrected chi connectivity index (χ0v) is 21.4. The molecule has 0 radical (unpaired) electrons. The molecule has 2 fully saturated rings. The average molecular weight is 543 g/mol. The standard InChI is InChI=1S/C26H24F2N4O3S2/c27-25(28)35-17-6-2-5-16(22(17)34-13-14-3-1-4-14)9-10-18-19(15-7-8-15)30-24(37-18)20-21(23(29)33)32-11-12-36-26(32)31-20/h2,5-6,9-12,14-15,25H,1,3-4,7-8,13H2,(H2,29,33). The number of carbonyl (C=O) groups excluding carboxylic acids is 1. The van der Waals surface area contributed by atoms with Gasteiger partial charge in [0.15, 0.2) is 16.5 Å². The Morgan fingerprint density at radius 1 is 1.22 bits per heavy atom. The van der Waals surface area contributed by atoms with Gasteiger partial charge in [0.05, 0.1) is 17.2 Å². The lowest BCUT2D eigenvalue weighted by Gasteiger charge is -2.26. The summed E-state index contributed by atoms with van der Waals surface area (Å²) >= 11 is 2.85. The molecule has 2 saturated carbocycles. The quantitative estimate of drug-likeness (QED) is 0.249. The summed E-state index contributed by atoms with van der Waals surface area (Å²) in [6.45, 7) is -2.48. The Hall–Kier alpha value is -3.31. The number of hydrogen-bond acceptors (Lipinski definition) is 7. The van der Waals surface area contributed by atoms with Gasteiger partial charge in [-0.3, -0.25) is 9.20 Å². The van der Waals surface area contributed by atoms with E-state index in [4.69, 9.17) is 20.2 Å². The predicted molar refractivity (Wildman–Crippen MR) is 140 cm³/mol. The Labute approximate surface area is 219 Å². The van der Waals surface area contributed by atoms with Gasteiger partial charge in [-0.25, -0.2) is 9.97 Å². The van der Waals surface area contributed by atoms with E-state index >= 15 is 0 Å². The molecule has 1 aromatic carbocycles. The van der Waals surface area contributed by atoms with E-state index in [1.807, 2.05) is 23.6 Å². The largest absolute Gasteiger partial charge is 0.489 e. The number of thiazole rings is 2. The Kier molecular flexibility index (Phi) is 6.41. The summed E-state index contributed by atoms with van der Waals surface area (Å²) in [7, 11) is 0. The van der Waals surface area contributed by atoms with Crippen molar-refractivity contribution >= 4 is 45.7 Å². The van der Waals surface area contributed by atoms with E-state index in [9.17, 15) is 13.6 Å². The number of fused-ring (bicyclic) bond motifs is 1. The average Bonchev–Trinajstić information content (AvgIpc) is 3.25. The molecule has 1 amide bonds. The maximum atomic E-state index is 13.1. The SMILES string of the molecule is NC(=O)c1c(-c2nc(C3CC3)c(C=Cc3cccc(OC(F)F)c3OCC3CCC3)s2)nc2sccn12. The van der Waals surface area contributed by atoms with Gasteiger partial charge in [-0.1, -0.05) is 18.6 Å². The monoisotopic (exact) mass is 542 g/mol. The third-order valence-electron chi connectivity index (χ3n) is 6.67. The number of primary amides is 1. The number of halogens is 2. The zero-order chi connectivity index (χ0) is 25.5. The topological polar surface area (TPSA) is 91.7 Å². The number of imidazole rings is 1. The van der Waals surface area contributed by atoms with E-state index in [0.29, 0.717) is 51.1 Å². The molecule has 7 nitrogen and oxygen atoms in total. The number of para-hydroxylation sites is 1. The highest BCUT2D eigenvalue weighted by molar-refractivity contribution is 7.16. The minimum atomic E-state index is -2.94. The van der Waals surface area contributed by atoms with Crippen LogP contribution in [-0.4, -0.2) is 33.5 Å². The van der Waals surface area contributed by atoms with Crippen molar-refractivity contribution in [2.24, 2.45) is 11.7 Å². The Morgan fingerprint density at radius 3 is 2.76 bits per heavy atom. The second-order valence-corrected chi connectivity index (χ2v) is 11.2. The van der Waals surface area contributed by atoms with Crippen molar-refractivity contribution in [3.05, 3.63) is 51.6 Å². The Morgan fingerprint density at radius 2 is 2.05 bits per heavy atom. The normalized spacial score (nSPS) is 16.1. The molecule has 0 bridgehead atoms. The summed E-state index contributed by atoms with van der Waals surface area (Å²) < 4.78 is 38.6. The van der Waals surface area contributed by atoms with Crippen molar-refractivity contribution in [3.8, 4) is 22.2 Å². The summed E-state index contributed by atoms with van der Waals surface area (Å²) in [5.41, 5.74) is 8.07. The molecule has 0 aliphatic heterocycles. The summed E-state index contributed by atoms with van der Waals surface area (Å²) in [5, 5.41) is 2.48. The van der Waals surface area contributed by atoms with Crippen LogP contribution in [0.25, 0.3) is 27.8 Å². The molecule has 4 aromatic rings. The van der Waals surface area contributed by atoms with Crippen LogP contribution in [0, 0.1) is 5.92 Å². The Bertz CT molecular complexity index is 1480. The number of alkyl halides is 2.